The number of piperidine rings is 1. The summed E-state index contributed by atoms with van der Waals surface area (Å²) >= 11 is 0. The van der Waals surface area contributed by atoms with E-state index in [9.17, 15) is 9.59 Å². The Balaban J connectivity index is 1.08. The number of rotatable bonds is 11. The van der Waals surface area contributed by atoms with Crippen molar-refractivity contribution >= 4 is 31.7 Å². The molecule has 3 aromatic rings. The van der Waals surface area contributed by atoms with Crippen LogP contribution in [0.5, 0.6) is 5.75 Å². The van der Waals surface area contributed by atoms with E-state index in [-0.39, 0.29) is 35.7 Å². The number of nitrogens with one attached hydrogen (secondary N) is 2. The maximum atomic E-state index is 13.2. The van der Waals surface area contributed by atoms with Crippen molar-refractivity contribution in [2.24, 2.45) is 0 Å². The highest BCUT2D eigenvalue weighted by Gasteiger charge is 2.62. The van der Waals surface area contributed by atoms with Crippen LogP contribution in [0.15, 0.2) is 66.7 Å². The number of anilines is 2. The smallest absolute Gasteiger partial charge is 0.411 e. The van der Waals surface area contributed by atoms with Gasteiger partial charge in [-0.3, -0.25) is 15.0 Å². The van der Waals surface area contributed by atoms with Crippen molar-refractivity contribution in [2.75, 3.05) is 24.8 Å². The number of likely N-dealkylation sites (N-methyl/N-ethyl adjacent to an activating group) is 1. The molecule has 0 aromatic heterocycles. The fraction of sp³-hybridized carbons (Fsp3) is 0.474. The molecular weight excluding hydrogens is 623 g/mol. The molecule has 3 aliphatic heterocycles. The summed E-state index contributed by atoms with van der Waals surface area (Å²) in [5, 5.41) is 6.15. The van der Waals surface area contributed by atoms with Gasteiger partial charge in [0.15, 0.2) is 8.32 Å². The summed E-state index contributed by atoms with van der Waals surface area (Å²) in [7, 11) is 1.84. The molecule has 3 fully saturated rings. The monoisotopic (exact) mass is 671 g/mol. The zero-order valence-corrected chi connectivity index (χ0v) is 30.2. The first-order chi connectivity index (χ1) is 22.8. The Hall–Kier alpha value is -3.70. The second-order valence-corrected chi connectivity index (χ2v) is 19.7. The number of fused-ring (bicyclic) bond motifs is 5. The first-order valence-corrected chi connectivity index (χ1v) is 19.9. The van der Waals surface area contributed by atoms with E-state index in [0.29, 0.717) is 42.2 Å². The van der Waals surface area contributed by atoms with Crippen LogP contribution in [0.25, 0.3) is 11.1 Å². The number of amides is 2. The van der Waals surface area contributed by atoms with E-state index >= 15 is 0 Å². The fourth-order valence-electron chi connectivity index (χ4n) is 6.69. The Labute approximate surface area is 285 Å². The summed E-state index contributed by atoms with van der Waals surface area (Å²) in [6, 6.07) is 22.2. The highest BCUT2D eigenvalue weighted by molar-refractivity contribution is 6.74. The summed E-state index contributed by atoms with van der Waals surface area (Å²) < 4.78 is 23.7. The van der Waals surface area contributed by atoms with Crippen molar-refractivity contribution in [2.45, 2.75) is 102 Å². The van der Waals surface area contributed by atoms with Crippen LogP contribution >= 0.6 is 0 Å². The van der Waals surface area contributed by atoms with Crippen molar-refractivity contribution in [3.63, 3.8) is 0 Å². The fourth-order valence-corrected chi connectivity index (χ4v) is 7.65. The number of aryl methyl sites for hydroxylation is 1. The Morgan fingerprint density at radius 3 is 2.27 bits per heavy atom. The van der Waals surface area contributed by atoms with Gasteiger partial charge in [0.2, 0.25) is 5.91 Å². The predicted octanol–water partition coefficient (Wildman–Crippen LogP) is 7.62. The number of benzene rings is 3. The van der Waals surface area contributed by atoms with E-state index in [4.69, 9.17) is 18.6 Å². The summed E-state index contributed by atoms with van der Waals surface area (Å²) in [5.41, 5.74) is 5.08. The molecule has 9 nitrogen and oxygen atoms in total. The van der Waals surface area contributed by atoms with Gasteiger partial charge in [-0.1, -0.05) is 69.3 Å². The van der Waals surface area contributed by atoms with Crippen LogP contribution in [0.1, 0.15) is 51.2 Å². The number of carbonyl (C=O) groups excluding carboxylic acids is 2. The Morgan fingerprint density at radius 2 is 1.60 bits per heavy atom. The first kappa shape index (κ1) is 34.2. The molecule has 6 rings (SSSR count). The van der Waals surface area contributed by atoms with Crippen molar-refractivity contribution in [3.8, 4) is 16.9 Å². The van der Waals surface area contributed by atoms with Crippen LogP contribution in [0, 0.1) is 0 Å². The van der Waals surface area contributed by atoms with Crippen molar-refractivity contribution in [1.29, 1.82) is 0 Å². The molecule has 4 unspecified atom stereocenters. The van der Waals surface area contributed by atoms with Gasteiger partial charge in [0.05, 0.1) is 25.1 Å². The zero-order chi connectivity index (χ0) is 34.2. The lowest BCUT2D eigenvalue weighted by molar-refractivity contribution is -0.116. The van der Waals surface area contributed by atoms with Crippen LogP contribution in [-0.4, -0.2) is 69.8 Å². The number of morpholine rings is 1. The molecule has 2 amide bonds. The molecule has 256 valence electrons. The molecule has 10 heteroatoms. The van der Waals surface area contributed by atoms with Crippen molar-refractivity contribution in [3.05, 3.63) is 77.9 Å². The minimum Gasteiger partial charge on any atom is -0.495 e. The van der Waals surface area contributed by atoms with Gasteiger partial charge in [0.25, 0.3) is 0 Å². The van der Waals surface area contributed by atoms with E-state index in [2.05, 4.69) is 56.4 Å². The molecule has 3 aliphatic rings. The van der Waals surface area contributed by atoms with Gasteiger partial charge >= 0.3 is 6.09 Å². The third kappa shape index (κ3) is 7.47. The SMILES string of the molecule is COc1cc(CO[Si](C)(C)C(C)(C)C)ccc1NC(=O)CCc1ccc(-c2ccccc2)c(NC(=O)OC2CC3C4OC4C(C2)N3C)c1. The zero-order valence-electron chi connectivity index (χ0n) is 29.2. The molecule has 3 heterocycles. The van der Waals surface area contributed by atoms with E-state index in [0.717, 1.165) is 35.1 Å². The number of carbonyl (C=O) groups is 2. The van der Waals surface area contributed by atoms with Gasteiger partial charge in [0, 0.05) is 36.9 Å². The molecule has 0 spiro atoms. The lowest BCUT2D eigenvalue weighted by Gasteiger charge is -2.37. The first-order valence-electron chi connectivity index (χ1n) is 17.0. The van der Waals surface area contributed by atoms with Crippen LogP contribution < -0.4 is 15.4 Å². The van der Waals surface area contributed by atoms with Gasteiger partial charge in [-0.15, -0.1) is 0 Å². The standard InChI is InChI=1S/C38H49N3O6Si/c1-38(2,3)48(6,7)45-23-25-14-17-29(33(20-25)44-5)39-34(42)18-15-24-13-16-28(26-11-9-8-10-12-26)30(19-24)40-37(43)46-27-21-31-35-36(47-35)32(22-27)41(31)4/h8-14,16-17,19-20,27,31-32,35-36H,15,18,21-23H2,1-7H3,(H,39,42)(H,40,43). The maximum Gasteiger partial charge on any atom is 0.411 e. The second-order valence-electron chi connectivity index (χ2n) is 14.9. The van der Waals surface area contributed by atoms with Gasteiger partial charge in [0.1, 0.15) is 24.1 Å². The largest absolute Gasteiger partial charge is 0.495 e. The van der Waals surface area contributed by atoms with E-state index in [1.807, 2.05) is 66.7 Å². The molecule has 3 aromatic carbocycles. The van der Waals surface area contributed by atoms with Gasteiger partial charge in [-0.25, -0.2) is 4.79 Å². The maximum absolute atomic E-state index is 13.2. The number of hydrogen-bond donors (Lipinski definition) is 2. The number of hydrogen-bond acceptors (Lipinski definition) is 7. The minimum absolute atomic E-state index is 0.121. The van der Waals surface area contributed by atoms with Crippen molar-refractivity contribution < 1.29 is 28.2 Å². The molecule has 4 atom stereocenters. The highest BCUT2D eigenvalue weighted by Crippen LogP contribution is 2.48. The van der Waals surface area contributed by atoms with Gasteiger partial charge in [-0.2, -0.15) is 0 Å². The highest BCUT2D eigenvalue weighted by atomic mass is 28.4. The lowest BCUT2D eigenvalue weighted by atomic mass is 9.99. The Bertz CT molecular complexity index is 1620. The molecule has 0 saturated carbocycles. The quantitative estimate of drug-likeness (QED) is 0.160. The summed E-state index contributed by atoms with van der Waals surface area (Å²) in [5.74, 6) is 0.470. The third-order valence-electron chi connectivity index (χ3n) is 10.6. The third-order valence-corrected chi connectivity index (χ3v) is 15.1. The minimum atomic E-state index is -1.90. The molecule has 2 N–H and O–H groups in total. The second kappa shape index (κ2) is 13.7. The van der Waals surface area contributed by atoms with Gasteiger partial charge < -0.3 is 24.0 Å². The Morgan fingerprint density at radius 1 is 0.917 bits per heavy atom. The molecule has 2 bridgehead atoms. The normalized spacial score (nSPS) is 23.3. The van der Waals surface area contributed by atoms with Crippen LogP contribution in [0.4, 0.5) is 16.2 Å². The number of methoxy groups -OCH3 is 1. The lowest BCUT2D eigenvalue weighted by Crippen LogP contribution is -2.48. The van der Waals surface area contributed by atoms with Crippen molar-refractivity contribution in [1.82, 2.24) is 4.90 Å². The molecular formula is C38H49N3O6Si. The average Bonchev–Trinajstić information content (AvgIpc) is 3.82. The molecule has 0 radical (unpaired) electrons. The molecule has 0 aliphatic carbocycles. The van der Waals surface area contributed by atoms with E-state index in [1.165, 1.54) is 0 Å². The summed E-state index contributed by atoms with van der Waals surface area (Å²) in [6.07, 6.45) is 2.26. The number of ether oxygens (including phenoxy) is 3. The summed E-state index contributed by atoms with van der Waals surface area (Å²) in [4.78, 5) is 28.7. The number of epoxide rings is 1. The van der Waals surface area contributed by atoms with E-state index in [1.54, 1.807) is 7.11 Å². The average molecular weight is 672 g/mol. The van der Waals surface area contributed by atoms with Gasteiger partial charge in [-0.05, 0) is 66.5 Å². The molecule has 3 saturated heterocycles. The topological polar surface area (TPSA) is 102 Å². The number of nitrogens with zero attached hydrogens (tertiary/aromatic N) is 1. The summed E-state index contributed by atoms with van der Waals surface area (Å²) in [6.45, 7) is 11.6. The van der Waals surface area contributed by atoms with Crippen LogP contribution in [-0.2, 0) is 31.7 Å². The molecule has 48 heavy (non-hydrogen) atoms. The van der Waals surface area contributed by atoms with Crippen LogP contribution in [0.2, 0.25) is 18.1 Å². The predicted molar refractivity (Wildman–Crippen MR) is 191 cm³/mol. The van der Waals surface area contributed by atoms with Crippen LogP contribution in [0.3, 0.4) is 0 Å². The Kier molecular flexibility index (Phi) is 9.73. The van der Waals surface area contributed by atoms with E-state index < -0.39 is 14.4 Å².